The fourth-order valence-electron chi connectivity index (χ4n) is 8.21. The largest absolute Gasteiger partial charge is 0.462 e. The summed E-state index contributed by atoms with van der Waals surface area (Å²) in [7, 11) is 1.63. The molecular formula is C24H37NO5. The lowest BCUT2D eigenvalue weighted by Gasteiger charge is -2.59. The van der Waals surface area contributed by atoms with Gasteiger partial charge < -0.3 is 19.8 Å². The number of allylic oxidation sites excluding steroid dienone is 1. The average molecular weight is 420 g/mol. The fraction of sp³-hybridized carbons (Fsp3) is 0.833. The molecule has 6 heteroatoms. The highest BCUT2D eigenvalue weighted by atomic mass is 16.5. The summed E-state index contributed by atoms with van der Waals surface area (Å²) in [6.07, 6.45) is 8.20. The van der Waals surface area contributed by atoms with Crippen LogP contribution in [0.2, 0.25) is 0 Å². The van der Waals surface area contributed by atoms with Gasteiger partial charge in [-0.25, -0.2) is 0 Å². The van der Waals surface area contributed by atoms with Crippen LogP contribution in [0.15, 0.2) is 16.8 Å². The van der Waals surface area contributed by atoms with Crippen LogP contribution in [0, 0.1) is 28.6 Å². The van der Waals surface area contributed by atoms with E-state index in [9.17, 15) is 15.1 Å². The van der Waals surface area contributed by atoms with Crippen LogP contribution in [0.25, 0.3) is 0 Å². The minimum Gasteiger partial charge on any atom is -0.462 e. The van der Waals surface area contributed by atoms with Crippen LogP contribution >= 0.6 is 0 Å². The highest BCUT2D eigenvalue weighted by molar-refractivity contribution is 5.92. The predicted molar refractivity (Wildman–Crippen MR) is 113 cm³/mol. The number of ether oxygens (including phenoxy) is 2. The van der Waals surface area contributed by atoms with Crippen molar-refractivity contribution in [2.45, 2.75) is 90.4 Å². The molecule has 30 heavy (non-hydrogen) atoms. The van der Waals surface area contributed by atoms with E-state index in [2.05, 4.69) is 25.1 Å². The number of aliphatic hydroxyl groups excluding tert-OH is 1. The van der Waals surface area contributed by atoms with E-state index in [0.717, 1.165) is 38.5 Å². The van der Waals surface area contributed by atoms with Crippen molar-refractivity contribution in [2.75, 3.05) is 7.11 Å². The standard InChI is InChI=1S/C24H37NO5/c1-14(25-28)24(29-5)21(27)13-20-18-7-6-16-12-17(30-15(2)26)8-10-22(16,3)19(18)9-11-23(20,24)4/h6,17-21,27-28H,7-13H2,1-5H3/b25-14-/t17-,18-,19+,20-,21-,22+,23+,24-/m1/s1. The van der Waals surface area contributed by atoms with E-state index >= 15 is 0 Å². The van der Waals surface area contributed by atoms with Gasteiger partial charge in [-0.15, -0.1) is 0 Å². The third-order valence-electron chi connectivity index (χ3n) is 9.59. The van der Waals surface area contributed by atoms with Gasteiger partial charge in [-0.3, -0.25) is 4.79 Å². The van der Waals surface area contributed by atoms with E-state index < -0.39 is 11.7 Å². The number of aliphatic hydroxyl groups is 1. The van der Waals surface area contributed by atoms with E-state index in [1.807, 2.05) is 0 Å². The molecule has 8 atom stereocenters. The van der Waals surface area contributed by atoms with E-state index in [1.54, 1.807) is 14.0 Å². The minimum absolute atomic E-state index is 0.00471. The lowest BCUT2D eigenvalue weighted by molar-refractivity contribution is -0.149. The van der Waals surface area contributed by atoms with Gasteiger partial charge in [0.1, 0.15) is 11.7 Å². The molecule has 0 spiro atoms. The van der Waals surface area contributed by atoms with E-state index in [-0.39, 0.29) is 22.9 Å². The number of hydrogen-bond acceptors (Lipinski definition) is 6. The Morgan fingerprint density at radius 2 is 1.93 bits per heavy atom. The van der Waals surface area contributed by atoms with Gasteiger partial charge in [0.25, 0.3) is 0 Å². The maximum atomic E-state index is 11.4. The number of hydrogen-bond donors (Lipinski definition) is 2. The second kappa shape index (κ2) is 7.33. The minimum atomic E-state index is -0.935. The monoisotopic (exact) mass is 419 g/mol. The molecule has 168 valence electrons. The lowest BCUT2D eigenvalue weighted by atomic mass is 9.46. The van der Waals surface area contributed by atoms with Crippen LogP contribution in [0.5, 0.6) is 0 Å². The van der Waals surface area contributed by atoms with Crippen molar-refractivity contribution in [2.24, 2.45) is 33.7 Å². The number of carbonyl (C=O) groups is 1. The quantitative estimate of drug-likeness (QED) is 0.236. The number of carbonyl (C=O) groups excluding carboxylic acids is 1. The molecule has 6 nitrogen and oxygen atoms in total. The summed E-state index contributed by atoms with van der Waals surface area (Å²) in [4.78, 5) is 11.4. The molecule has 0 aromatic carbocycles. The van der Waals surface area contributed by atoms with Gasteiger partial charge in [0.15, 0.2) is 0 Å². The number of rotatable bonds is 3. The highest BCUT2D eigenvalue weighted by Crippen LogP contribution is 2.68. The fourth-order valence-corrected chi connectivity index (χ4v) is 8.21. The molecule has 4 rings (SSSR count). The molecule has 0 radical (unpaired) electrons. The van der Waals surface area contributed by atoms with Gasteiger partial charge >= 0.3 is 5.97 Å². The summed E-state index contributed by atoms with van der Waals surface area (Å²) in [5.74, 6) is 1.15. The second-order valence-corrected chi connectivity index (χ2v) is 10.6. The number of methoxy groups -OCH3 is 1. The zero-order valence-corrected chi connectivity index (χ0v) is 19.0. The second-order valence-electron chi connectivity index (χ2n) is 10.6. The average Bonchev–Trinajstić information content (AvgIpc) is 2.94. The van der Waals surface area contributed by atoms with E-state index in [1.165, 1.54) is 12.5 Å². The molecule has 4 aliphatic rings. The first kappa shape index (κ1) is 21.8. The Balaban J connectivity index is 1.66. The Morgan fingerprint density at radius 3 is 2.57 bits per heavy atom. The summed E-state index contributed by atoms with van der Waals surface area (Å²) in [5, 5.41) is 24.2. The van der Waals surface area contributed by atoms with Crippen molar-refractivity contribution < 1.29 is 24.6 Å². The zero-order chi connectivity index (χ0) is 21.9. The topological polar surface area (TPSA) is 88.3 Å². The molecule has 0 heterocycles. The molecular weight excluding hydrogens is 382 g/mol. The predicted octanol–water partition coefficient (Wildman–Crippen LogP) is 4.09. The number of nitrogens with zero attached hydrogens (tertiary/aromatic N) is 1. The highest BCUT2D eigenvalue weighted by Gasteiger charge is 2.69. The van der Waals surface area contributed by atoms with Crippen molar-refractivity contribution in [1.82, 2.24) is 0 Å². The first-order chi connectivity index (χ1) is 14.1. The van der Waals surface area contributed by atoms with Crippen molar-refractivity contribution >= 4 is 11.7 Å². The molecule has 0 amide bonds. The number of oxime groups is 1. The normalized spacial score (nSPS) is 48.3. The van der Waals surface area contributed by atoms with E-state index in [0.29, 0.717) is 29.9 Å². The van der Waals surface area contributed by atoms with Gasteiger partial charge in [0.2, 0.25) is 0 Å². The molecule has 0 bridgehead atoms. The first-order valence-electron chi connectivity index (χ1n) is 11.4. The van der Waals surface area contributed by atoms with Crippen molar-refractivity contribution in [3.63, 3.8) is 0 Å². The summed E-state index contributed by atoms with van der Waals surface area (Å²) in [5.41, 5.74) is 0.852. The van der Waals surface area contributed by atoms with Crippen LogP contribution < -0.4 is 0 Å². The third-order valence-corrected chi connectivity index (χ3v) is 9.59. The number of fused-ring (bicyclic) bond motifs is 5. The molecule has 3 saturated carbocycles. The summed E-state index contributed by atoms with van der Waals surface area (Å²) < 4.78 is 11.5. The SMILES string of the molecule is CO[C@]1(/C(C)=N\O)[C@H](O)C[C@@H]2[C@@H]3CC=C4C[C@H](OC(C)=O)CC[C@]4(C)[C@H]3CC[C@@]21C. The van der Waals surface area contributed by atoms with Gasteiger partial charge in [0.05, 0.1) is 11.8 Å². The van der Waals surface area contributed by atoms with Crippen molar-refractivity contribution in [1.29, 1.82) is 0 Å². The Bertz CT molecular complexity index is 778. The van der Waals surface area contributed by atoms with Crippen LogP contribution in [-0.4, -0.2) is 46.9 Å². The van der Waals surface area contributed by atoms with Gasteiger partial charge in [-0.1, -0.05) is 30.7 Å². The summed E-state index contributed by atoms with van der Waals surface area (Å²) >= 11 is 0. The van der Waals surface area contributed by atoms with E-state index in [4.69, 9.17) is 9.47 Å². The molecule has 4 aliphatic carbocycles. The Hall–Kier alpha value is -1.40. The van der Waals surface area contributed by atoms with Crippen LogP contribution in [-0.2, 0) is 14.3 Å². The van der Waals surface area contributed by atoms with Crippen LogP contribution in [0.4, 0.5) is 0 Å². The maximum absolute atomic E-state index is 11.4. The Kier molecular flexibility index (Phi) is 5.33. The Morgan fingerprint density at radius 1 is 1.20 bits per heavy atom. The first-order valence-corrected chi connectivity index (χ1v) is 11.4. The number of esters is 1. The lowest BCUT2D eigenvalue weighted by Crippen LogP contribution is -2.60. The molecule has 0 aromatic heterocycles. The molecule has 0 aromatic rings. The summed E-state index contributed by atoms with van der Waals surface area (Å²) in [6, 6.07) is 0. The zero-order valence-electron chi connectivity index (χ0n) is 19.0. The Labute approximate surface area is 179 Å². The maximum Gasteiger partial charge on any atom is 0.302 e. The molecule has 2 N–H and O–H groups in total. The molecule has 0 unspecified atom stereocenters. The molecule has 3 fully saturated rings. The molecule has 0 saturated heterocycles. The third kappa shape index (κ3) is 2.75. The summed E-state index contributed by atoms with van der Waals surface area (Å²) in [6.45, 7) is 7.88. The van der Waals surface area contributed by atoms with Gasteiger partial charge in [0, 0.05) is 25.9 Å². The van der Waals surface area contributed by atoms with Gasteiger partial charge in [-0.05, 0) is 68.6 Å². The molecule has 0 aliphatic heterocycles. The van der Waals surface area contributed by atoms with Gasteiger partial charge in [-0.2, -0.15) is 0 Å². The van der Waals surface area contributed by atoms with Crippen molar-refractivity contribution in [3.8, 4) is 0 Å². The van der Waals surface area contributed by atoms with Crippen LogP contribution in [0.1, 0.15) is 72.6 Å². The van der Waals surface area contributed by atoms with Crippen molar-refractivity contribution in [3.05, 3.63) is 11.6 Å². The van der Waals surface area contributed by atoms with Crippen LogP contribution in [0.3, 0.4) is 0 Å². The smallest absolute Gasteiger partial charge is 0.302 e.